The zero-order chi connectivity index (χ0) is 13.5. The number of nitrogens with zero attached hydrogens (tertiary/aromatic N) is 1. The quantitative estimate of drug-likeness (QED) is 0.821. The van der Waals surface area contributed by atoms with Gasteiger partial charge in [0.2, 0.25) is 0 Å². The van der Waals surface area contributed by atoms with Gasteiger partial charge in [-0.05, 0) is 61.9 Å². The zero-order valence-corrected chi connectivity index (χ0v) is 12.5. The molecule has 0 saturated carbocycles. The predicted octanol–water partition coefficient (Wildman–Crippen LogP) is 4.13. The van der Waals surface area contributed by atoms with E-state index in [1.165, 1.54) is 22.6 Å². The van der Waals surface area contributed by atoms with E-state index in [0.717, 1.165) is 19.4 Å². The third-order valence-corrected chi connectivity index (χ3v) is 4.09. The molecular weight excluding hydrogens is 252 g/mol. The van der Waals surface area contributed by atoms with Crippen LogP contribution >= 0.6 is 11.3 Å². The molecule has 0 aliphatic heterocycles. The molecule has 0 bridgehead atoms. The van der Waals surface area contributed by atoms with Gasteiger partial charge in [-0.3, -0.25) is 4.98 Å². The van der Waals surface area contributed by atoms with Gasteiger partial charge in [0, 0.05) is 22.8 Å². The Kier molecular flexibility index (Phi) is 5.55. The molecule has 0 aromatic carbocycles. The minimum atomic E-state index is 0.451. The summed E-state index contributed by atoms with van der Waals surface area (Å²) in [6.07, 6.45) is 5.17. The summed E-state index contributed by atoms with van der Waals surface area (Å²) in [5.74, 6) is 0. The van der Waals surface area contributed by atoms with E-state index in [1.54, 1.807) is 0 Å². The van der Waals surface area contributed by atoms with Crippen molar-refractivity contribution < 1.29 is 0 Å². The molecule has 0 amide bonds. The molecule has 2 heterocycles. The van der Waals surface area contributed by atoms with Crippen molar-refractivity contribution in [3.63, 3.8) is 0 Å². The first-order chi connectivity index (χ1) is 9.29. The molecule has 0 aliphatic rings. The largest absolute Gasteiger partial charge is 0.310 e. The number of aryl methyl sites for hydroxylation is 2. The summed E-state index contributed by atoms with van der Waals surface area (Å²) in [7, 11) is 0. The van der Waals surface area contributed by atoms with E-state index >= 15 is 0 Å². The second kappa shape index (κ2) is 7.41. The highest BCUT2D eigenvalue weighted by molar-refractivity contribution is 7.10. The third kappa shape index (κ3) is 4.44. The molecule has 2 aromatic rings. The summed E-state index contributed by atoms with van der Waals surface area (Å²) in [6, 6.07) is 8.89. The van der Waals surface area contributed by atoms with Crippen LogP contribution in [0.25, 0.3) is 0 Å². The van der Waals surface area contributed by atoms with Crippen molar-refractivity contribution in [2.24, 2.45) is 0 Å². The predicted molar refractivity (Wildman–Crippen MR) is 82.6 cm³/mol. The fourth-order valence-corrected chi connectivity index (χ4v) is 2.95. The summed E-state index contributed by atoms with van der Waals surface area (Å²) in [6.45, 7) is 5.45. The van der Waals surface area contributed by atoms with Gasteiger partial charge in [0.1, 0.15) is 0 Å². The number of aromatic nitrogens is 1. The van der Waals surface area contributed by atoms with Gasteiger partial charge in [0.25, 0.3) is 0 Å². The Hall–Kier alpha value is -1.19. The van der Waals surface area contributed by atoms with Crippen LogP contribution in [0.15, 0.2) is 35.8 Å². The number of pyridine rings is 1. The fourth-order valence-electron chi connectivity index (χ4n) is 2.19. The standard InChI is InChI=1S/C16H22N2S/c1-3-9-18-16(14-11-13(2)19-12-14)8-7-15-6-4-5-10-17-15/h4-6,10-12,16,18H,3,7-9H2,1-2H3. The van der Waals surface area contributed by atoms with Gasteiger partial charge in [-0.15, -0.1) is 11.3 Å². The molecule has 102 valence electrons. The Morgan fingerprint density at radius 3 is 2.89 bits per heavy atom. The van der Waals surface area contributed by atoms with E-state index in [4.69, 9.17) is 0 Å². The number of hydrogen-bond acceptors (Lipinski definition) is 3. The van der Waals surface area contributed by atoms with Crippen molar-refractivity contribution in [1.82, 2.24) is 10.3 Å². The van der Waals surface area contributed by atoms with Crippen molar-refractivity contribution in [2.75, 3.05) is 6.54 Å². The van der Waals surface area contributed by atoms with E-state index < -0.39 is 0 Å². The minimum absolute atomic E-state index is 0.451. The van der Waals surface area contributed by atoms with E-state index in [0.29, 0.717) is 6.04 Å². The van der Waals surface area contributed by atoms with Crippen LogP contribution in [0.1, 0.15) is 41.9 Å². The normalized spacial score (nSPS) is 12.5. The molecule has 0 spiro atoms. The molecule has 1 unspecified atom stereocenters. The van der Waals surface area contributed by atoms with Gasteiger partial charge < -0.3 is 5.32 Å². The summed E-state index contributed by atoms with van der Waals surface area (Å²) >= 11 is 1.83. The molecule has 2 nitrogen and oxygen atoms in total. The molecule has 2 aromatic heterocycles. The van der Waals surface area contributed by atoms with Gasteiger partial charge in [0.05, 0.1) is 0 Å². The lowest BCUT2D eigenvalue weighted by atomic mass is 10.0. The second-order valence-corrected chi connectivity index (χ2v) is 5.97. The van der Waals surface area contributed by atoms with Crippen LogP contribution in [0.5, 0.6) is 0 Å². The van der Waals surface area contributed by atoms with Crippen LogP contribution in [-0.2, 0) is 6.42 Å². The van der Waals surface area contributed by atoms with Gasteiger partial charge in [0.15, 0.2) is 0 Å². The van der Waals surface area contributed by atoms with Crippen LogP contribution in [0.4, 0.5) is 0 Å². The molecule has 0 saturated heterocycles. The highest BCUT2D eigenvalue weighted by Crippen LogP contribution is 2.24. The number of thiophene rings is 1. The van der Waals surface area contributed by atoms with E-state index in [1.807, 2.05) is 23.6 Å². The molecule has 2 rings (SSSR count). The lowest BCUT2D eigenvalue weighted by Gasteiger charge is -2.17. The molecule has 3 heteroatoms. The summed E-state index contributed by atoms with van der Waals surface area (Å²) in [4.78, 5) is 5.79. The van der Waals surface area contributed by atoms with E-state index in [-0.39, 0.29) is 0 Å². The van der Waals surface area contributed by atoms with Crippen LogP contribution in [0.2, 0.25) is 0 Å². The number of nitrogens with one attached hydrogen (secondary N) is 1. The second-order valence-electron chi connectivity index (χ2n) is 4.86. The topological polar surface area (TPSA) is 24.9 Å². The summed E-state index contributed by atoms with van der Waals surface area (Å²) < 4.78 is 0. The Labute approximate surface area is 119 Å². The summed E-state index contributed by atoms with van der Waals surface area (Å²) in [5.41, 5.74) is 2.60. The SMILES string of the molecule is CCCNC(CCc1ccccn1)c1csc(C)c1. The first-order valence-electron chi connectivity index (χ1n) is 6.98. The first-order valence-corrected chi connectivity index (χ1v) is 7.86. The highest BCUT2D eigenvalue weighted by Gasteiger charge is 2.12. The average molecular weight is 274 g/mol. The van der Waals surface area contributed by atoms with Crippen molar-refractivity contribution in [3.8, 4) is 0 Å². The van der Waals surface area contributed by atoms with Crippen LogP contribution in [-0.4, -0.2) is 11.5 Å². The molecule has 0 aliphatic carbocycles. The molecule has 0 radical (unpaired) electrons. The van der Waals surface area contributed by atoms with E-state index in [2.05, 4.69) is 47.7 Å². The van der Waals surface area contributed by atoms with E-state index in [9.17, 15) is 0 Å². The highest BCUT2D eigenvalue weighted by atomic mass is 32.1. The van der Waals surface area contributed by atoms with Crippen LogP contribution in [0.3, 0.4) is 0 Å². The van der Waals surface area contributed by atoms with Crippen molar-refractivity contribution in [1.29, 1.82) is 0 Å². The lowest BCUT2D eigenvalue weighted by Crippen LogP contribution is -2.22. The Balaban J connectivity index is 1.98. The van der Waals surface area contributed by atoms with Gasteiger partial charge in [-0.1, -0.05) is 13.0 Å². The fraction of sp³-hybridized carbons (Fsp3) is 0.438. The monoisotopic (exact) mass is 274 g/mol. The molecule has 1 N–H and O–H groups in total. The third-order valence-electron chi connectivity index (χ3n) is 3.21. The lowest BCUT2D eigenvalue weighted by molar-refractivity contribution is 0.498. The van der Waals surface area contributed by atoms with Gasteiger partial charge >= 0.3 is 0 Å². The molecule has 19 heavy (non-hydrogen) atoms. The summed E-state index contributed by atoms with van der Waals surface area (Å²) in [5, 5.41) is 5.93. The van der Waals surface area contributed by atoms with Crippen LogP contribution < -0.4 is 5.32 Å². The molecule has 0 fully saturated rings. The maximum Gasteiger partial charge on any atom is 0.0404 e. The van der Waals surface area contributed by atoms with Crippen molar-refractivity contribution in [3.05, 3.63) is 52.0 Å². The Morgan fingerprint density at radius 2 is 2.26 bits per heavy atom. The zero-order valence-electron chi connectivity index (χ0n) is 11.7. The number of rotatable bonds is 7. The molecular formula is C16H22N2S. The smallest absolute Gasteiger partial charge is 0.0404 e. The minimum Gasteiger partial charge on any atom is -0.310 e. The van der Waals surface area contributed by atoms with Gasteiger partial charge in [-0.2, -0.15) is 0 Å². The van der Waals surface area contributed by atoms with Crippen LogP contribution in [0, 0.1) is 6.92 Å². The average Bonchev–Trinajstić information content (AvgIpc) is 2.86. The number of hydrogen-bond donors (Lipinski definition) is 1. The maximum absolute atomic E-state index is 4.40. The van der Waals surface area contributed by atoms with Crippen molar-refractivity contribution >= 4 is 11.3 Å². The Bertz CT molecular complexity index is 479. The maximum atomic E-state index is 4.40. The molecule has 1 atom stereocenters. The Morgan fingerprint density at radius 1 is 1.37 bits per heavy atom. The van der Waals surface area contributed by atoms with Crippen molar-refractivity contribution in [2.45, 2.75) is 39.2 Å². The first kappa shape index (κ1) is 14.2. The van der Waals surface area contributed by atoms with Gasteiger partial charge in [-0.25, -0.2) is 0 Å².